The zero-order chi connectivity index (χ0) is 16.9. The summed E-state index contributed by atoms with van der Waals surface area (Å²) < 4.78 is 0. The summed E-state index contributed by atoms with van der Waals surface area (Å²) >= 11 is 0. The first kappa shape index (κ1) is 20.9. The molecular weight excluding hydrogens is 302 g/mol. The van der Waals surface area contributed by atoms with E-state index in [2.05, 4.69) is 54.9 Å². The van der Waals surface area contributed by atoms with Crippen LogP contribution in [0, 0.1) is 11.8 Å². The van der Waals surface area contributed by atoms with Gasteiger partial charge in [0.2, 0.25) is 0 Å². The molecule has 22 heavy (non-hydrogen) atoms. The maximum Gasteiger partial charge on any atom is -0.0186 e. The van der Waals surface area contributed by atoms with E-state index >= 15 is 0 Å². The second kappa shape index (κ2) is 9.99. The van der Waals surface area contributed by atoms with Crippen LogP contribution < -0.4 is 0 Å². The van der Waals surface area contributed by atoms with Crippen molar-refractivity contribution in [1.82, 2.24) is 0 Å². The predicted molar refractivity (Wildman–Crippen MR) is 110 cm³/mol. The van der Waals surface area contributed by atoms with Gasteiger partial charge < -0.3 is 0 Å². The summed E-state index contributed by atoms with van der Waals surface area (Å²) in [6, 6.07) is 0. The first-order chi connectivity index (χ1) is 10.3. The molecule has 0 amide bonds. The molecule has 0 nitrogen and oxygen atoms in total. The Balaban J connectivity index is 0.000000224. The van der Waals surface area contributed by atoms with Gasteiger partial charge in [-0.3, -0.25) is 0 Å². The monoisotopic (exact) mass is 344 g/mol. The van der Waals surface area contributed by atoms with Gasteiger partial charge in [-0.2, -0.15) is 0 Å². The lowest BCUT2D eigenvalue weighted by molar-refractivity contribution is 0.543. The van der Waals surface area contributed by atoms with Gasteiger partial charge in [-0.25, -0.2) is 0 Å². The zero-order valence-electron chi connectivity index (χ0n) is 16.6. The third kappa shape index (κ3) is 5.45. The lowest BCUT2D eigenvalue weighted by atomic mass is 10.0. The fraction of sp³-hybridized carbons (Fsp3) is 1.00. The van der Waals surface area contributed by atoms with Crippen molar-refractivity contribution in [3.63, 3.8) is 0 Å². The summed E-state index contributed by atoms with van der Waals surface area (Å²) in [4.78, 5) is 0. The molecule has 2 heteroatoms. The average molecular weight is 345 g/mol. The maximum atomic E-state index is 2.53. The molecule has 0 aromatic carbocycles. The van der Waals surface area contributed by atoms with Crippen LogP contribution in [0.4, 0.5) is 0 Å². The Morgan fingerprint density at radius 2 is 1.05 bits per heavy atom. The standard InChI is InChI=1S/C11H23P.C9H19P/c1-8(2)10-6-7-11(9(3)4)12(10)5;1-4-8-6-7-9(5-2)10(8)3/h8-11H,6-7H2,1-5H3;8-9H,4-7H2,1-3H3/t10-,11-;8-,9-/m01/s1. The molecule has 0 unspecified atom stereocenters. The highest BCUT2D eigenvalue weighted by Crippen LogP contribution is 2.57. The largest absolute Gasteiger partial charge is 0.104 e. The lowest BCUT2D eigenvalue weighted by Gasteiger charge is -2.26. The molecule has 0 spiro atoms. The van der Waals surface area contributed by atoms with Crippen molar-refractivity contribution in [2.24, 2.45) is 11.8 Å². The highest BCUT2D eigenvalue weighted by molar-refractivity contribution is 7.59. The van der Waals surface area contributed by atoms with Crippen LogP contribution in [0.1, 0.15) is 80.1 Å². The van der Waals surface area contributed by atoms with Crippen LogP contribution in [0.25, 0.3) is 0 Å². The van der Waals surface area contributed by atoms with Crippen molar-refractivity contribution in [3.05, 3.63) is 0 Å². The van der Waals surface area contributed by atoms with Crippen molar-refractivity contribution < 1.29 is 0 Å². The van der Waals surface area contributed by atoms with Gasteiger partial charge >= 0.3 is 0 Å². The van der Waals surface area contributed by atoms with Crippen LogP contribution in [0.15, 0.2) is 0 Å². The van der Waals surface area contributed by atoms with Gasteiger partial charge in [-0.1, -0.05) is 41.5 Å². The second-order valence-electron chi connectivity index (χ2n) is 8.23. The fourth-order valence-electron chi connectivity index (χ4n) is 4.68. The normalized spacial score (nSPS) is 33.5. The number of hydrogen-bond donors (Lipinski definition) is 0. The van der Waals surface area contributed by atoms with Gasteiger partial charge in [-0.05, 0) is 86.3 Å². The Bertz CT molecular complexity index is 272. The molecule has 2 heterocycles. The van der Waals surface area contributed by atoms with Crippen molar-refractivity contribution >= 4 is 15.8 Å². The van der Waals surface area contributed by atoms with Crippen molar-refractivity contribution in [1.29, 1.82) is 0 Å². The minimum absolute atomic E-state index is 0.329. The van der Waals surface area contributed by atoms with Gasteiger partial charge in [0, 0.05) is 0 Å². The topological polar surface area (TPSA) is 0 Å². The molecule has 4 atom stereocenters. The van der Waals surface area contributed by atoms with Crippen LogP contribution in [-0.2, 0) is 0 Å². The second-order valence-corrected chi connectivity index (χ2v) is 13.7. The van der Waals surface area contributed by atoms with Gasteiger partial charge in [0.05, 0.1) is 0 Å². The Hall–Kier alpha value is 0.860. The number of rotatable bonds is 4. The highest BCUT2D eigenvalue weighted by Gasteiger charge is 2.35. The predicted octanol–water partition coefficient (Wildman–Crippen LogP) is 7.39. The maximum absolute atomic E-state index is 2.53. The Kier molecular flexibility index (Phi) is 9.49. The van der Waals surface area contributed by atoms with E-state index in [-0.39, 0.29) is 0 Å². The van der Waals surface area contributed by atoms with E-state index in [1.807, 2.05) is 0 Å². The van der Waals surface area contributed by atoms with E-state index in [4.69, 9.17) is 0 Å². The molecule has 2 fully saturated rings. The average Bonchev–Trinajstić information content (AvgIpc) is 3.02. The SMILES string of the molecule is CC(C)[C@@H]1CC[C@@H](C(C)C)P1C.CC[C@@H]1CC[C@@H](CC)P1C. The van der Waals surface area contributed by atoms with E-state index < -0.39 is 0 Å². The molecule has 2 saturated heterocycles. The van der Waals surface area contributed by atoms with Crippen molar-refractivity contribution in [3.8, 4) is 0 Å². The molecule has 0 aromatic heterocycles. The summed E-state index contributed by atoms with van der Waals surface area (Å²) in [5, 5.41) is 0. The van der Waals surface area contributed by atoms with Crippen LogP contribution in [-0.4, -0.2) is 36.0 Å². The molecular formula is C20H42P2. The molecule has 0 radical (unpaired) electrons. The summed E-state index contributed by atoms with van der Waals surface area (Å²) in [6.45, 7) is 19.3. The lowest BCUT2D eigenvalue weighted by Crippen LogP contribution is -2.12. The van der Waals surface area contributed by atoms with Gasteiger partial charge in [-0.15, -0.1) is 15.8 Å². The molecule has 0 aliphatic carbocycles. The third-order valence-electron chi connectivity index (χ3n) is 6.27. The van der Waals surface area contributed by atoms with E-state index in [1.54, 1.807) is 0 Å². The Morgan fingerprint density at radius 1 is 0.682 bits per heavy atom. The van der Waals surface area contributed by atoms with E-state index in [0.717, 1.165) is 34.5 Å². The molecule has 0 saturated carbocycles. The molecule has 0 aromatic rings. The Labute approximate surface area is 144 Å². The summed E-state index contributed by atoms with van der Waals surface area (Å²) in [7, 11) is 0.737. The van der Waals surface area contributed by atoms with Crippen LogP contribution in [0.5, 0.6) is 0 Å². The zero-order valence-corrected chi connectivity index (χ0v) is 18.4. The minimum Gasteiger partial charge on any atom is -0.104 e. The first-order valence-corrected chi connectivity index (χ1v) is 13.6. The molecule has 2 rings (SSSR count). The smallest absolute Gasteiger partial charge is 0.0186 e. The van der Waals surface area contributed by atoms with Crippen LogP contribution in [0.3, 0.4) is 0 Å². The van der Waals surface area contributed by atoms with Gasteiger partial charge in [0.15, 0.2) is 0 Å². The van der Waals surface area contributed by atoms with Crippen molar-refractivity contribution in [2.45, 2.75) is 103 Å². The first-order valence-electron chi connectivity index (χ1n) is 9.77. The molecule has 132 valence electrons. The molecule has 2 aliphatic heterocycles. The van der Waals surface area contributed by atoms with E-state index in [0.29, 0.717) is 15.8 Å². The summed E-state index contributed by atoms with van der Waals surface area (Å²) in [6.07, 6.45) is 8.91. The van der Waals surface area contributed by atoms with E-state index in [9.17, 15) is 0 Å². The summed E-state index contributed by atoms with van der Waals surface area (Å²) in [5.74, 6) is 1.84. The van der Waals surface area contributed by atoms with E-state index in [1.165, 1.54) is 38.5 Å². The summed E-state index contributed by atoms with van der Waals surface area (Å²) in [5.41, 5.74) is 4.35. The van der Waals surface area contributed by atoms with Crippen molar-refractivity contribution in [2.75, 3.05) is 13.3 Å². The van der Waals surface area contributed by atoms with Gasteiger partial charge in [0.1, 0.15) is 0 Å². The van der Waals surface area contributed by atoms with Crippen LogP contribution in [0.2, 0.25) is 0 Å². The highest BCUT2D eigenvalue weighted by atomic mass is 31.1. The molecule has 0 bridgehead atoms. The fourth-order valence-corrected chi connectivity index (χ4v) is 11.0. The molecule has 0 N–H and O–H groups in total. The quantitative estimate of drug-likeness (QED) is 0.466. The third-order valence-corrected chi connectivity index (χ3v) is 13.6. The van der Waals surface area contributed by atoms with Crippen LogP contribution >= 0.6 is 15.8 Å². The van der Waals surface area contributed by atoms with Gasteiger partial charge in [0.25, 0.3) is 0 Å². The minimum atomic E-state index is 0.329. The Morgan fingerprint density at radius 3 is 1.23 bits per heavy atom. The number of hydrogen-bond acceptors (Lipinski definition) is 0. The molecule has 2 aliphatic rings.